The van der Waals surface area contributed by atoms with Gasteiger partial charge in [0.15, 0.2) is 0 Å². The van der Waals surface area contributed by atoms with Crippen LogP contribution in [0.15, 0.2) is 31.0 Å². The second-order valence-corrected chi connectivity index (χ2v) is 3.09. The number of pyridine rings is 1. The molecule has 1 atom stereocenters. The van der Waals surface area contributed by atoms with E-state index in [4.69, 9.17) is 5.73 Å². The first-order chi connectivity index (χ1) is 6.15. The highest BCUT2D eigenvalue weighted by molar-refractivity contribution is 5.45. The fraction of sp³-hybridized carbons (Fsp3) is 0.300. The van der Waals surface area contributed by atoms with Crippen molar-refractivity contribution >= 4 is 5.69 Å². The quantitative estimate of drug-likeness (QED) is 0.708. The summed E-state index contributed by atoms with van der Waals surface area (Å²) in [5.41, 5.74) is 7.71. The van der Waals surface area contributed by atoms with Gasteiger partial charge in [0.2, 0.25) is 0 Å². The van der Waals surface area contributed by atoms with Gasteiger partial charge in [-0.05, 0) is 12.1 Å². The van der Waals surface area contributed by atoms with Crippen molar-refractivity contribution in [2.75, 3.05) is 19.0 Å². The largest absolute Gasteiger partial charge is 0.378 e. The molecule has 0 aliphatic carbocycles. The molecular formula is C10H15N3. The van der Waals surface area contributed by atoms with Gasteiger partial charge in [0.25, 0.3) is 0 Å². The molecule has 70 valence electrons. The Balaban J connectivity index is 2.97. The Hall–Kier alpha value is -1.35. The fourth-order valence-corrected chi connectivity index (χ4v) is 1.02. The third kappa shape index (κ3) is 2.29. The lowest BCUT2D eigenvalue weighted by molar-refractivity contribution is 0.862. The maximum absolute atomic E-state index is 5.76. The first-order valence-corrected chi connectivity index (χ1v) is 4.16. The summed E-state index contributed by atoms with van der Waals surface area (Å²) in [5, 5.41) is 0. The first-order valence-electron chi connectivity index (χ1n) is 4.16. The number of anilines is 1. The Morgan fingerprint density at radius 1 is 1.62 bits per heavy atom. The van der Waals surface area contributed by atoms with Crippen LogP contribution in [-0.2, 0) is 0 Å². The third-order valence-corrected chi connectivity index (χ3v) is 1.88. The van der Waals surface area contributed by atoms with E-state index in [0.29, 0.717) is 0 Å². The van der Waals surface area contributed by atoms with E-state index < -0.39 is 0 Å². The molecule has 13 heavy (non-hydrogen) atoms. The number of rotatable bonds is 3. The van der Waals surface area contributed by atoms with Crippen molar-refractivity contribution in [2.45, 2.75) is 6.04 Å². The molecule has 0 aliphatic heterocycles. The van der Waals surface area contributed by atoms with E-state index in [2.05, 4.69) is 11.6 Å². The standard InChI is InChI=1S/C10H15N3/c1-4-9(11)10-7-8(13(2)3)5-6-12-10/h4-7,9H,1,11H2,2-3H3/t9-/m0/s1. The Labute approximate surface area is 78.9 Å². The number of nitrogens with two attached hydrogens (primary N) is 1. The normalized spacial score (nSPS) is 12.2. The predicted molar refractivity (Wildman–Crippen MR) is 55.7 cm³/mol. The molecule has 0 saturated heterocycles. The summed E-state index contributed by atoms with van der Waals surface area (Å²) in [6, 6.07) is 3.73. The Kier molecular flexibility index (Phi) is 3.03. The van der Waals surface area contributed by atoms with Crippen molar-refractivity contribution in [2.24, 2.45) is 5.73 Å². The van der Waals surface area contributed by atoms with Crippen molar-refractivity contribution in [1.29, 1.82) is 0 Å². The van der Waals surface area contributed by atoms with Gasteiger partial charge >= 0.3 is 0 Å². The maximum Gasteiger partial charge on any atom is 0.0654 e. The van der Waals surface area contributed by atoms with Gasteiger partial charge < -0.3 is 10.6 Å². The lowest BCUT2D eigenvalue weighted by Gasteiger charge is -2.14. The second-order valence-electron chi connectivity index (χ2n) is 3.09. The van der Waals surface area contributed by atoms with E-state index in [1.807, 2.05) is 31.1 Å². The zero-order valence-electron chi connectivity index (χ0n) is 8.07. The molecule has 0 bridgehead atoms. The van der Waals surface area contributed by atoms with Gasteiger partial charge in [-0.1, -0.05) is 6.08 Å². The second kappa shape index (κ2) is 4.05. The summed E-state index contributed by atoms with van der Waals surface area (Å²) in [6.45, 7) is 3.63. The predicted octanol–water partition coefficient (Wildman–Crippen LogP) is 1.33. The highest BCUT2D eigenvalue weighted by Crippen LogP contribution is 2.15. The van der Waals surface area contributed by atoms with Gasteiger partial charge in [-0.2, -0.15) is 0 Å². The van der Waals surface area contributed by atoms with Crippen LogP contribution in [0.3, 0.4) is 0 Å². The van der Waals surface area contributed by atoms with Gasteiger partial charge in [0.1, 0.15) is 0 Å². The molecule has 3 heteroatoms. The van der Waals surface area contributed by atoms with Crippen LogP contribution in [0.25, 0.3) is 0 Å². The van der Waals surface area contributed by atoms with Crippen molar-refractivity contribution < 1.29 is 0 Å². The molecule has 0 aromatic carbocycles. The molecule has 0 aliphatic rings. The average molecular weight is 177 g/mol. The fourth-order valence-electron chi connectivity index (χ4n) is 1.02. The van der Waals surface area contributed by atoms with Crippen LogP contribution in [-0.4, -0.2) is 19.1 Å². The van der Waals surface area contributed by atoms with Crippen molar-refractivity contribution in [3.05, 3.63) is 36.7 Å². The molecule has 2 N–H and O–H groups in total. The minimum Gasteiger partial charge on any atom is -0.378 e. The summed E-state index contributed by atoms with van der Waals surface area (Å²) in [5.74, 6) is 0. The van der Waals surface area contributed by atoms with Crippen LogP contribution in [0.2, 0.25) is 0 Å². The van der Waals surface area contributed by atoms with E-state index in [9.17, 15) is 0 Å². The van der Waals surface area contributed by atoms with Crippen LogP contribution in [0.4, 0.5) is 5.69 Å². The first kappa shape index (κ1) is 9.74. The molecule has 0 unspecified atom stereocenters. The Morgan fingerprint density at radius 2 is 2.31 bits per heavy atom. The molecule has 0 amide bonds. The SMILES string of the molecule is C=C[C@H](N)c1cc(N(C)C)ccn1. The summed E-state index contributed by atoms with van der Waals surface area (Å²) in [4.78, 5) is 6.18. The number of hydrogen-bond acceptors (Lipinski definition) is 3. The van der Waals surface area contributed by atoms with Gasteiger partial charge in [-0.3, -0.25) is 4.98 Å². The monoisotopic (exact) mass is 177 g/mol. The Bertz CT molecular complexity index is 294. The third-order valence-electron chi connectivity index (χ3n) is 1.88. The number of aromatic nitrogens is 1. The topological polar surface area (TPSA) is 42.1 Å². The summed E-state index contributed by atoms with van der Waals surface area (Å²) in [6.07, 6.45) is 3.44. The molecule has 1 rings (SSSR count). The van der Waals surface area contributed by atoms with Gasteiger partial charge in [0, 0.05) is 26.0 Å². The molecule has 0 radical (unpaired) electrons. The van der Waals surface area contributed by atoms with Crippen LogP contribution in [0, 0.1) is 0 Å². The Morgan fingerprint density at radius 3 is 2.85 bits per heavy atom. The van der Waals surface area contributed by atoms with Crippen molar-refractivity contribution in [3.63, 3.8) is 0 Å². The molecule has 1 aromatic heterocycles. The number of nitrogens with zero attached hydrogens (tertiary/aromatic N) is 2. The van der Waals surface area contributed by atoms with Crippen LogP contribution >= 0.6 is 0 Å². The van der Waals surface area contributed by atoms with Gasteiger partial charge in [-0.25, -0.2) is 0 Å². The van der Waals surface area contributed by atoms with Gasteiger partial charge in [0.05, 0.1) is 11.7 Å². The molecule has 0 fully saturated rings. The lowest BCUT2D eigenvalue weighted by Crippen LogP contribution is -2.12. The molecule has 1 heterocycles. The van der Waals surface area contributed by atoms with Gasteiger partial charge in [-0.15, -0.1) is 6.58 Å². The van der Waals surface area contributed by atoms with Crippen LogP contribution in [0.5, 0.6) is 0 Å². The summed E-state index contributed by atoms with van der Waals surface area (Å²) < 4.78 is 0. The van der Waals surface area contributed by atoms with E-state index in [1.54, 1.807) is 12.3 Å². The number of hydrogen-bond donors (Lipinski definition) is 1. The molecule has 1 aromatic rings. The summed E-state index contributed by atoms with van der Waals surface area (Å²) >= 11 is 0. The lowest BCUT2D eigenvalue weighted by atomic mass is 10.2. The van der Waals surface area contributed by atoms with E-state index in [0.717, 1.165) is 11.4 Å². The van der Waals surface area contributed by atoms with E-state index in [1.165, 1.54) is 0 Å². The smallest absolute Gasteiger partial charge is 0.0654 e. The molecule has 0 saturated carbocycles. The van der Waals surface area contributed by atoms with Crippen LogP contribution < -0.4 is 10.6 Å². The molecule has 3 nitrogen and oxygen atoms in total. The molecule has 0 spiro atoms. The van der Waals surface area contributed by atoms with Crippen molar-refractivity contribution in [3.8, 4) is 0 Å². The maximum atomic E-state index is 5.76. The zero-order valence-corrected chi connectivity index (χ0v) is 8.07. The van der Waals surface area contributed by atoms with Crippen molar-refractivity contribution in [1.82, 2.24) is 4.98 Å². The summed E-state index contributed by atoms with van der Waals surface area (Å²) in [7, 11) is 3.97. The molecular weight excluding hydrogens is 162 g/mol. The van der Waals surface area contributed by atoms with Crippen LogP contribution in [0.1, 0.15) is 11.7 Å². The average Bonchev–Trinajstić information content (AvgIpc) is 2.17. The minimum absolute atomic E-state index is 0.181. The highest BCUT2D eigenvalue weighted by Gasteiger charge is 2.03. The zero-order chi connectivity index (χ0) is 9.84. The highest BCUT2D eigenvalue weighted by atomic mass is 15.1. The minimum atomic E-state index is -0.181. The van der Waals surface area contributed by atoms with E-state index >= 15 is 0 Å². The van der Waals surface area contributed by atoms with E-state index in [-0.39, 0.29) is 6.04 Å².